The van der Waals surface area contributed by atoms with E-state index in [4.69, 9.17) is 4.42 Å². The van der Waals surface area contributed by atoms with Crippen LogP contribution in [0.1, 0.15) is 16.1 Å². The Morgan fingerprint density at radius 3 is 2.55 bits per heavy atom. The maximum absolute atomic E-state index is 11.9. The molecule has 0 saturated heterocycles. The van der Waals surface area contributed by atoms with Crippen molar-refractivity contribution in [1.82, 2.24) is 0 Å². The lowest BCUT2D eigenvalue weighted by Gasteiger charge is -2.03. The number of ketones is 1. The number of hydrogen-bond acceptors (Lipinski definition) is 3. The van der Waals surface area contributed by atoms with Crippen LogP contribution in [0.25, 0.3) is 6.08 Å². The van der Waals surface area contributed by atoms with E-state index in [2.05, 4.69) is 21.2 Å². The number of furan rings is 1. The van der Waals surface area contributed by atoms with Gasteiger partial charge in [0.05, 0.1) is 11.6 Å². The van der Waals surface area contributed by atoms with Crippen molar-refractivity contribution in [1.29, 1.82) is 0 Å². The summed E-state index contributed by atoms with van der Waals surface area (Å²) >= 11 is 3.07. The van der Waals surface area contributed by atoms with E-state index in [1.165, 1.54) is 6.08 Å². The first-order chi connectivity index (χ1) is 9.69. The van der Waals surface area contributed by atoms with Crippen molar-refractivity contribution in [3.05, 3.63) is 60.1 Å². The van der Waals surface area contributed by atoms with E-state index in [9.17, 15) is 9.59 Å². The van der Waals surface area contributed by atoms with Crippen molar-refractivity contribution < 1.29 is 14.0 Å². The molecule has 102 valence electrons. The van der Waals surface area contributed by atoms with Crippen LogP contribution in [-0.4, -0.2) is 17.0 Å². The van der Waals surface area contributed by atoms with E-state index in [-0.39, 0.29) is 17.0 Å². The zero-order chi connectivity index (χ0) is 14.4. The number of carbonyl (C=O) groups excluding carboxylic acids is 2. The second kappa shape index (κ2) is 6.86. The standard InChI is InChI=1S/C15H12BrNO3/c16-10-15(19)17-12-5-3-11(4-6-12)14(18)8-7-13-2-1-9-20-13/h1-9H,10H2,(H,17,19)/b8-7+. The van der Waals surface area contributed by atoms with Gasteiger partial charge < -0.3 is 9.73 Å². The molecule has 0 aliphatic rings. The average Bonchev–Trinajstić information content (AvgIpc) is 2.98. The summed E-state index contributed by atoms with van der Waals surface area (Å²) in [5, 5.41) is 2.92. The van der Waals surface area contributed by atoms with E-state index >= 15 is 0 Å². The van der Waals surface area contributed by atoms with Crippen LogP contribution >= 0.6 is 15.9 Å². The Balaban J connectivity index is 2.02. The number of amides is 1. The van der Waals surface area contributed by atoms with Gasteiger partial charge in [0.2, 0.25) is 5.91 Å². The molecule has 0 spiro atoms. The number of carbonyl (C=O) groups is 2. The van der Waals surface area contributed by atoms with Gasteiger partial charge in [0.15, 0.2) is 5.78 Å². The maximum atomic E-state index is 11.9. The highest BCUT2D eigenvalue weighted by Crippen LogP contribution is 2.11. The molecule has 0 bridgehead atoms. The molecule has 0 saturated carbocycles. The van der Waals surface area contributed by atoms with Gasteiger partial charge in [0.25, 0.3) is 0 Å². The normalized spacial score (nSPS) is 10.7. The quantitative estimate of drug-likeness (QED) is 0.517. The van der Waals surface area contributed by atoms with Crippen molar-refractivity contribution in [3.63, 3.8) is 0 Å². The fourth-order valence-electron chi connectivity index (χ4n) is 1.55. The summed E-state index contributed by atoms with van der Waals surface area (Å²) in [5.74, 6) is 0.362. The summed E-state index contributed by atoms with van der Waals surface area (Å²) < 4.78 is 5.10. The fourth-order valence-corrected chi connectivity index (χ4v) is 1.69. The molecular formula is C15H12BrNO3. The molecule has 1 aromatic carbocycles. The molecule has 0 aliphatic heterocycles. The van der Waals surface area contributed by atoms with Gasteiger partial charge in [-0.3, -0.25) is 9.59 Å². The van der Waals surface area contributed by atoms with Crippen LogP contribution < -0.4 is 5.32 Å². The van der Waals surface area contributed by atoms with Gasteiger partial charge in [-0.15, -0.1) is 0 Å². The van der Waals surface area contributed by atoms with Gasteiger partial charge >= 0.3 is 0 Å². The Hall–Kier alpha value is -2.14. The number of alkyl halides is 1. The van der Waals surface area contributed by atoms with Crippen LogP contribution in [-0.2, 0) is 4.79 Å². The Bertz CT molecular complexity index is 615. The summed E-state index contributed by atoms with van der Waals surface area (Å²) in [4.78, 5) is 23.1. The zero-order valence-corrected chi connectivity index (χ0v) is 12.1. The van der Waals surface area contributed by atoms with E-state index in [1.54, 1.807) is 48.7 Å². The number of anilines is 1. The third-order valence-electron chi connectivity index (χ3n) is 2.52. The SMILES string of the molecule is O=C(CBr)Nc1ccc(C(=O)/C=C/c2ccco2)cc1. The third kappa shape index (κ3) is 3.93. The van der Waals surface area contributed by atoms with Crippen LogP contribution in [0.5, 0.6) is 0 Å². The summed E-state index contributed by atoms with van der Waals surface area (Å²) in [6.07, 6.45) is 4.61. The lowest BCUT2D eigenvalue weighted by Crippen LogP contribution is -2.12. The van der Waals surface area contributed by atoms with Gasteiger partial charge in [-0.05, 0) is 48.6 Å². The molecule has 0 radical (unpaired) electrons. The van der Waals surface area contributed by atoms with Crippen molar-refractivity contribution in [3.8, 4) is 0 Å². The molecule has 0 atom stereocenters. The number of hydrogen-bond donors (Lipinski definition) is 1. The molecule has 1 amide bonds. The molecule has 5 heteroatoms. The Morgan fingerprint density at radius 2 is 1.95 bits per heavy atom. The Labute approximate surface area is 124 Å². The molecule has 1 N–H and O–H groups in total. The summed E-state index contributed by atoms with van der Waals surface area (Å²) in [5.41, 5.74) is 1.20. The molecule has 2 aromatic rings. The number of rotatable bonds is 5. The number of halogens is 1. The molecule has 0 fully saturated rings. The van der Waals surface area contributed by atoms with Crippen LogP contribution in [0.3, 0.4) is 0 Å². The Morgan fingerprint density at radius 1 is 1.20 bits per heavy atom. The molecule has 0 aliphatic carbocycles. The van der Waals surface area contributed by atoms with Gasteiger partial charge in [0, 0.05) is 11.3 Å². The van der Waals surface area contributed by atoms with E-state index in [0.717, 1.165) is 0 Å². The minimum atomic E-state index is -0.137. The van der Waals surface area contributed by atoms with E-state index in [1.807, 2.05) is 0 Å². The molecule has 1 heterocycles. The topological polar surface area (TPSA) is 59.3 Å². The van der Waals surface area contributed by atoms with Crippen molar-refractivity contribution in [2.45, 2.75) is 0 Å². The highest BCUT2D eigenvalue weighted by atomic mass is 79.9. The van der Waals surface area contributed by atoms with E-state index in [0.29, 0.717) is 17.0 Å². The highest BCUT2D eigenvalue weighted by molar-refractivity contribution is 9.09. The minimum Gasteiger partial charge on any atom is -0.465 e. The highest BCUT2D eigenvalue weighted by Gasteiger charge is 2.04. The third-order valence-corrected chi connectivity index (χ3v) is 3.03. The van der Waals surface area contributed by atoms with E-state index < -0.39 is 0 Å². The molecule has 1 aromatic heterocycles. The van der Waals surface area contributed by atoms with Gasteiger partial charge in [-0.2, -0.15) is 0 Å². The first-order valence-electron chi connectivity index (χ1n) is 5.91. The largest absolute Gasteiger partial charge is 0.465 e. The zero-order valence-electron chi connectivity index (χ0n) is 10.5. The van der Waals surface area contributed by atoms with Gasteiger partial charge in [0.1, 0.15) is 5.76 Å². The van der Waals surface area contributed by atoms with Crippen LogP contribution in [0.4, 0.5) is 5.69 Å². The number of nitrogens with one attached hydrogen (secondary N) is 1. The molecule has 2 rings (SSSR count). The van der Waals surface area contributed by atoms with Crippen LogP contribution in [0, 0.1) is 0 Å². The number of benzene rings is 1. The Kier molecular flexibility index (Phi) is 4.90. The second-order valence-electron chi connectivity index (χ2n) is 3.97. The molecular weight excluding hydrogens is 322 g/mol. The first kappa shape index (κ1) is 14.3. The van der Waals surface area contributed by atoms with Crippen molar-refractivity contribution in [2.75, 3.05) is 10.6 Å². The predicted octanol–water partition coefficient (Wildman–Crippen LogP) is 3.51. The molecule has 20 heavy (non-hydrogen) atoms. The first-order valence-corrected chi connectivity index (χ1v) is 7.03. The predicted molar refractivity (Wildman–Crippen MR) is 80.9 cm³/mol. The monoisotopic (exact) mass is 333 g/mol. The second-order valence-corrected chi connectivity index (χ2v) is 4.53. The smallest absolute Gasteiger partial charge is 0.235 e. The number of allylic oxidation sites excluding steroid dienone is 1. The average molecular weight is 334 g/mol. The summed E-state index contributed by atoms with van der Waals surface area (Å²) in [6.45, 7) is 0. The van der Waals surface area contributed by atoms with Crippen LogP contribution in [0.2, 0.25) is 0 Å². The molecule has 0 unspecified atom stereocenters. The summed E-state index contributed by atoms with van der Waals surface area (Å²) in [7, 11) is 0. The van der Waals surface area contributed by atoms with Gasteiger partial charge in [-0.25, -0.2) is 0 Å². The lowest BCUT2D eigenvalue weighted by atomic mass is 10.1. The van der Waals surface area contributed by atoms with Crippen molar-refractivity contribution >= 4 is 39.4 Å². The summed E-state index contributed by atoms with van der Waals surface area (Å²) in [6, 6.07) is 10.2. The van der Waals surface area contributed by atoms with Crippen LogP contribution in [0.15, 0.2) is 53.2 Å². The minimum absolute atomic E-state index is 0.125. The maximum Gasteiger partial charge on any atom is 0.235 e. The van der Waals surface area contributed by atoms with Gasteiger partial charge in [-0.1, -0.05) is 15.9 Å². The van der Waals surface area contributed by atoms with Crippen molar-refractivity contribution in [2.24, 2.45) is 0 Å². The fraction of sp³-hybridized carbons (Fsp3) is 0.0667. The molecule has 4 nitrogen and oxygen atoms in total. The lowest BCUT2D eigenvalue weighted by molar-refractivity contribution is -0.113.